The van der Waals surface area contributed by atoms with E-state index in [0.717, 1.165) is 13.7 Å². The van der Waals surface area contributed by atoms with Gasteiger partial charge < -0.3 is 22.8 Å². The monoisotopic (exact) mass is 449 g/mol. The van der Waals surface area contributed by atoms with Crippen molar-refractivity contribution >= 4 is 8.80 Å². The van der Waals surface area contributed by atoms with E-state index in [4.69, 9.17) is 22.8 Å². The van der Waals surface area contributed by atoms with Crippen LogP contribution in [0.15, 0.2) is 14.4 Å². The Labute approximate surface area is 177 Å². The van der Waals surface area contributed by atoms with Crippen LogP contribution in [0.4, 0.5) is 0 Å². The van der Waals surface area contributed by atoms with Gasteiger partial charge in [-0.15, -0.1) is 0 Å². The van der Waals surface area contributed by atoms with Crippen LogP contribution in [0.2, 0.25) is 6.04 Å². The summed E-state index contributed by atoms with van der Waals surface area (Å²) < 4.78 is 30.7. The zero-order valence-electron chi connectivity index (χ0n) is 18.7. The fourth-order valence-corrected chi connectivity index (χ4v) is 5.51. The molecule has 0 bridgehead atoms. The summed E-state index contributed by atoms with van der Waals surface area (Å²) in [5.41, 5.74) is -2.20. The molecule has 0 aliphatic heterocycles. The molecule has 0 fully saturated rings. The van der Waals surface area contributed by atoms with E-state index in [1.54, 1.807) is 13.8 Å². The molecular formula is C18H35N3O8Si. The molecule has 0 atom stereocenters. The van der Waals surface area contributed by atoms with E-state index >= 15 is 0 Å². The molecule has 1 rings (SSSR count). The third kappa shape index (κ3) is 6.99. The number of rotatable bonds is 16. The number of aromatic nitrogens is 3. The van der Waals surface area contributed by atoms with Crippen molar-refractivity contribution in [3.63, 3.8) is 0 Å². The normalized spacial score (nSPS) is 11.9. The quantitative estimate of drug-likeness (QED) is 0.337. The van der Waals surface area contributed by atoms with Crippen LogP contribution in [0, 0.1) is 0 Å². The maximum absolute atomic E-state index is 12.8. The first-order valence-corrected chi connectivity index (χ1v) is 12.4. The molecule has 0 unspecified atom stereocenters. The van der Waals surface area contributed by atoms with Crippen LogP contribution in [0.3, 0.4) is 0 Å². The fourth-order valence-electron chi connectivity index (χ4n) is 2.91. The Bertz CT molecular complexity index is 741. The number of nitrogens with zero attached hydrogens (tertiary/aromatic N) is 3. The van der Waals surface area contributed by atoms with E-state index in [1.807, 2.05) is 20.8 Å². The molecule has 0 aliphatic rings. The van der Waals surface area contributed by atoms with Crippen molar-refractivity contribution in [3.05, 3.63) is 31.5 Å². The highest BCUT2D eigenvalue weighted by Gasteiger charge is 2.39. The summed E-state index contributed by atoms with van der Waals surface area (Å²) in [6.07, 6.45) is 0.406. The average molecular weight is 450 g/mol. The highest BCUT2D eigenvalue weighted by molar-refractivity contribution is 6.60. The van der Waals surface area contributed by atoms with Gasteiger partial charge in [-0.05, 0) is 41.0 Å². The lowest BCUT2D eigenvalue weighted by Crippen LogP contribution is -2.55. The molecule has 174 valence electrons. The smallest absolute Gasteiger partial charge is 0.374 e. The molecule has 12 heteroatoms. The van der Waals surface area contributed by atoms with Gasteiger partial charge in [0.15, 0.2) is 0 Å². The minimum Gasteiger partial charge on any atom is -0.374 e. The van der Waals surface area contributed by atoms with Crippen LogP contribution in [0.5, 0.6) is 0 Å². The first-order valence-electron chi connectivity index (χ1n) is 10.4. The van der Waals surface area contributed by atoms with Gasteiger partial charge in [-0.25, -0.2) is 28.1 Å². The van der Waals surface area contributed by atoms with E-state index in [9.17, 15) is 14.4 Å². The molecule has 0 N–H and O–H groups in total. The average Bonchev–Trinajstić information content (AvgIpc) is 2.71. The van der Waals surface area contributed by atoms with Crippen LogP contribution >= 0.6 is 0 Å². The van der Waals surface area contributed by atoms with Crippen molar-refractivity contribution in [1.82, 2.24) is 13.7 Å². The van der Waals surface area contributed by atoms with E-state index < -0.39 is 25.9 Å². The Morgan fingerprint density at radius 3 is 1.40 bits per heavy atom. The summed E-state index contributed by atoms with van der Waals surface area (Å²) in [6.45, 7) is 10.6. The largest absolute Gasteiger partial charge is 0.500 e. The van der Waals surface area contributed by atoms with Gasteiger partial charge in [0.25, 0.3) is 0 Å². The van der Waals surface area contributed by atoms with E-state index in [0.29, 0.717) is 45.5 Å². The minimum atomic E-state index is -2.91. The van der Waals surface area contributed by atoms with Crippen molar-refractivity contribution in [2.24, 2.45) is 0 Å². The van der Waals surface area contributed by atoms with Gasteiger partial charge >= 0.3 is 25.9 Å². The van der Waals surface area contributed by atoms with E-state index in [2.05, 4.69) is 0 Å². The lowest BCUT2D eigenvalue weighted by Gasteiger charge is -2.28. The Kier molecular flexibility index (Phi) is 12.1. The highest BCUT2D eigenvalue weighted by atomic mass is 28.4. The lowest BCUT2D eigenvalue weighted by atomic mass is 10.5. The topological polar surface area (TPSA) is 112 Å². The van der Waals surface area contributed by atoms with Crippen LogP contribution < -0.4 is 17.1 Å². The molecule has 0 spiro atoms. The molecule has 0 amide bonds. The first kappa shape index (κ1) is 26.5. The first-order chi connectivity index (χ1) is 14.4. The SMILES string of the molecule is CCOCn1c(=O)n(CCC[Si](OCC)(OCC)OCC)c(=O)n(COCC)c1=O. The molecule has 1 aromatic rings. The second kappa shape index (κ2) is 13.7. The number of hydrogen-bond acceptors (Lipinski definition) is 8. The predicted octanol–water partition coefficient (Wildman–Crippen LogP) is 0.598. The van der Waals surface area contributed by atoms with Gasteiger partial charge in [0, 0.05) is 45.6 Å². The fraction of sp³-hybridized carbons (Fsp3) is 0.833. The standard InChI is InChI=1S/C18H35N3O8Si/c1-6-25-14-20-16(22)19(17(23)21(18(20)24)15-26-7-2)12-11-13-30(27-8-3,28-9-4)29-10-5/h6-15H2,1-5H3. The molecule has 0 aliphatic carbocycles. The zero-order valence-corrected chi connectivity index (χ0v) is 19.7. The summed E-state index contributed by atoms with van der Waals surface area (Å²) in [4.78, 5) is 38.1. The summed E-state index contributed by atoms with van der Waals surface area (Å²) in [6, 6.07) is 0.435. The van der Waals surface area contributed by atoms with E-state index in [-0.39, 0.29) is 20.0 Å². The molecule has 1 heterocycles. The van der Waals surface area contributed by atoms with Crippen molar-refractivity contribution < 1.29 is 22.8 Å². The van der Waals surface area contributed by atoms with Gasteiger partial charge in [-0.2, -0.15) is 0 Å². The zero-order chi connectivity index (χ0) is 22.6. The summed E-state index contributed by atoms with van der Waals surface area (Å²) >= 11 is 0. The molecule has 0 saturated carbocycles. The molecule has 11 nitrogen and oxygen atoms in total. The number of ether oxygens (including phenoxy) is 2. The van der Waals surface area contributed by atoms with Crippen LogP contribution in [0.25, 0.3) is 0 Å². The van der Waals surface area contributed by atoms with Crippen molar-refractivity contribution in [2.75, 3.05) is 33.0 Å². The van der Waals surface area contributed by atoms with Crippen LogP contribution in [0.1, 0.15) is 41.0 Å². The Morgan fingerprint density at radius 2 is 1.03 bits per heavy atom. The second-order valence-electron chi connectivity index (χ2n) is 6.18. The Morgan fingerprint density at radius 1 is 0.633 bits per heavy atom. The third-order valence-electron chi connectivity index (χ3n) is 4.19. The molecular weight excluding hydrogens is 414 g/mol. The Balaban J connectivity index is 3.21. The molecule has 0 radical (unpaired) electrons. The lowest BCUT2D eigenvalue weighted by molar-refractivity contribution is 0.0588. The van der Waals surface area contributed by atoms with Gasteiger partial charge in [0.1, 0.15) is 13.5 Å². The Hall–Kier alpha value is -1.57. The van der Waals surface area contributed by atoms with Gasteiger partial charge in [-0.1, -0.05) is 0 Å². The predicted molar refractivity (Wildman–Crippen MR) is 113 cm³/mol. The van der Waals surface area contributed by atoms with Crippen LogP contribution in [-0.4, -0.2) is 55.5 Å². The number of hydrogen-bond donors (Lipinski definition) is 0. The van der Waals surface area contributed by atoms with E-state index in [1.165, 1.54) is 0 Å². The molecule has 30 heavy (non-hydrogen) atoms. The summed E-state index contributed by atoms with van der Waals surface area (Å²) in [5, 5.41) is 0. The maximum Gasteiger partial charge on any atom is 0.500 e. The summed E-state index contributed by atoms with van der Waals surface area (Å²) in [5.74, 6) is 0. The van der Waals surface area contributed by atoms with Crippen LogP contribution in [-0.2, 0) is 42.8 Å². The highest BCUT2D eigenvalue weighted by Crippen LogP contribution is 2.18. The van der Waals surface area contributed by atoms with Gasteiger partial charge in [-0.3, -0.25) is 0 Å². The van der Waals surface area contributed by atoms with Gasteiger partial charge in [0.05, 0.1) is 0 Å². The molecule has 1 aromatic heterocycles. The summed E-state index contributed by atoms with van der Waals surface area (Å²) in [7, 11) is -2.91. The molecule has 0 saturated heterocycles. The third-order valence-corrected chi connectivity index (χ3v) is 7.34. The molecule has 0 aromatic carbocycles. The minimum absolute atomic E-state index is 0.0815. The van der Waals surface area contributed by atoms with Crippen molar-refractivity contribution in [1.29, 1.82) is 0 Å². The maximum atomic E-state index is 12.8. The second-order valence-corrected chi connectivity index (χ2v) is 8.92. The van der Waals surface area contributed by atoms with Gasteiger partial charge in [0.2, 0.25) is 0 Å². The van der Waals surface area contributed by atoms with Crippen molar-refractivity contribution in [2.45, 2.75) is 67.1 Å². The van der Waals surface area contributed by atoms with Crippen molar-refractivity contribution in [3.8, 4) is 0 Å².